The Bertz CT molecular complexity index is 300. The van der Waals surface area contributed by atoms with Gasteiger partial charge in [-0.3, -0.25) is 9.69 Å². The van der Waals surface area contributed by atoms with E-state index in [1.54, 1.807) is 0 Å². The quantitative estimate of drug-likeness (QED) is 0.837. The molecule has 0 bridgehead atoms. The smallest absolute Gasteiger partial charge is 0.309 e. The van der Waals surface area contributed by atoms with Gasteiger partial charge >= 0.3 is 5.97 Å². The highest BCUT2D eigenvalue weighted by molar-refractivity contribution is 5.71. The first kappa shape index (κ1) is 13.9. The third-order valence-corrected chi connectivity index (χ3v) is 5.49. The van der Waals surface area contributed by atoms with Gasteiger partial charge in [0.25, 0.3) is 0 Å². The van der Waals surface area contributed by atoms with Gasteiger partial charge < -0.3 is 5.11 Å². The maximum Gasteiger partial charge on any atom is 0.309 e. The Balaban J connectivity index is 1.77. The van der Waals surface area contributed by atoms with Gasteiger partial charge in [0, 0.05) is 19.1 Å². The Morgan fingerprint density at radius 3 is 2.22 bits per heavy atom. The normalized spacial score (nSPS) is 31.1. The van der Waals surface area contributed by atoms with Crippen molar-refractivity contribution >= 4 is 5.97 Å². The molecule has 1 aliphatic carbocycles. The summed E-state index contributed by atoms with van der Waals surface area (Å²) in [5, 5.41) is 8.90. The maximum absolute atomic E-state index is 10.8. The highest BCUT2D eigenvalue weighted by Crippen LogP contribution is 2.42. The number of aliphatic carboxylic acids is 1. The number of carboxylic acids is 1. The lowest BCUT2D eigenvalue weighted by Gasteiger charge is -2.47. The number of hydrogen-bond donors (Lipinski definition) is 1. The molecular weight excluding hydrogens is 226 g/mol. The molecule has 0 spiro atoms. The number of hydrogen-bond acceptors (Lipinski definition) is 2. The Kier molecular flexibility index (Phi) is 4.00. The Hall–Kier alpha value is -0.570. The van der Waals surface area contributed by atoms with Crippen molar-refractivity contribution in [3.63, 3.8) is 0 Å². The summed E-state index contributed by atoms with van der Waals surface area (Å²) in [5.74, 6) is 0.136. The first-order valence-electron chi connectivity index (χ1n) is 7.41. The van der Waals surface area contributed by atoms with Crippen LogP contribution >= 0.6 is 0 Å². The van der Waals surface area contributed by atoms with Crippen LogP contribution in [0.25, 0.3) is 0 Å². The van der Waals surface area contributed by atoms with Crippen molar-refractivity contribution in [2.75, 3.05) is 13.1 Å². The lowest BCUT2D eigenvalue weighted by atomic mass is 9.68. The molecule has 0 amide bonds. The van der Waals surface area contributed by atoms with Crippen molar-refractivity contribution in [2.24, 2.45) is 17.3 Å². The number of nitrogens with zero attached hydrogens (tertiary/aromatic N) is 1. The predicted octanol–water partition coefficient (Wildman–Crippen LogP) is 3.00. The molecule has 2 aliphatic rings. The Morgan fingerprint density at radius 1 is 1.22 bits per heavy atom. The zero-order valence-electron chi connectivity index (χ0n) is 12.0. The summed E-state index contributed by atoms with van der Waals surface area (Å²) < 4.78 is 0. The average Bonchev–Trinajstić information content (AvgIpc) is 2.27. The van der Waals surface area contributed by atoms with E-state index in [4.69, 9.17) is 5.11 Å². The predicted molar refractivity (Wildman–Crippen MR) is 72.5 cm³/mol. The fourth-order valence-corrected chi connectivity index (χ4v) is 3.48. The van der Waals surface area contributed by atoms with Crippen LogP contribution < -0.4 is 0 Å². The molecule has 1 N–H and O–H groups in total. The minimum absolute atomic E-state index is 0.102. The highest BCUT2D eigenvalue weighted by Gasteiger charge is 2.39. The average molecular weight is 253 g/mol. The van der Waals surface area contributed by atoms with Gasteiger partial charge in [0.15, 0.2) is 0 Å². The maximum atomic E-state index is 10.8. The monoisotopic (exact) mass is 253 g/mol. The molecule has 18 heavy (non-hydrogen) atoms. The molecule has 1 heterocycles. The van der Waals surface area contributed by atoms with Gasteiger partial charge in [-0.15, -0.1) is 0 Å². The van der Waals surface area contributed by atoms with Gasteiger partial charge in [-0.05, 0) is 37.0 Å². The largest absolute Gasteiger partial charge is 0.481 e. The fourth-order valence-electron chi connectivity index (χ4n) is 3.48. The third kappa shape index (κ3) is 2.71. The number of likely N-dealkylation sites (tertiary alicyclic amines) is 1. The molecule has 0 unspecified atom stereocenters. The molecular formula is C15H27NO2. The molecule has 2 rings (SSSR count). The van der Waals surface area contributed by atoms with Crippen molar-refractivity contribution in [2.45, 2.75) is 58.9 Å². The number of carbonyl (C=O) groups is 1. The van der Waals surface area contributed by atoms with Crippen LogP contribution in [0.3, 0.4) is 0 Å². The molecule has 2 fully saturated rings. The van der Waals surface area contributed by atoms with Crippen molar-refractivity contribution in [1.29, 1.82) is 0 Å². The lowest BCUT2D eigenvalue weighted by Crippen LogP contribution is -2.55. The number of carboxylic acid groups (broad SMARTS) is 1. The fraction of sp³-hybridized carbons (Fsp3) is 0.933. The summed E-state index contributed by atoms with van der Waals surface area (Å²) in [7, 11) is 0. The summed E-state index contributed by atoms with van der Waals surface area (Å²) in [4.78, 5) is 13.2. The van der Waals surface area contributed by atoms with Crippen molar-refractivity contribution in [1.82, 2.24) is 4.90 Å². The number of rotatable bonds is 4. The van der Waals surface area contributed by atoms with E-state index < -0.39 is 5.97 Å². The summed E-state index contributed by atoms with van der Waals surface area (Å²) in [5.41, 5.74) is 0.476. The molecule has 0 aromatic rings. The molecule has 1 saturated carbocycles. The van der Waals surface area contributed by atoms with Crippen molar-refractivity contribution in [3.05, 3.63) is 0 Å². The summed E-state index contributed by atoms with van der Waals surface area (Å²) in [6, 6.07) is 0.657. The molecule has 104 valence electrons. The summed E-state index contributed by atoms with van der Waals surface area (Å²) in [6.45, 7) is 8.63. The van der Waals surface area contributed by atoms with Gasteiger partial charge in [0.1, 0.15) is 0 Å². The van der Waals surface area contributed by atoms with E-state index in [0.29, 0.717) is 11.5 Å². The zero-order chi connectivity index (χ0) is 13.3. The van der Waals surface area contributed by atoms with Crippen LogP contribution in [0.15, 0.2) is 0 Å². The van der Waals surface area contributed by atoms with Crippen LogP contribution in [-0.2, 0) is 4.79 Å². The van der Waals surface area contributed by atoms with Crippen LogP contribution in [0, 0.1) is 17.3 Å². The van der Waals surface area contributed by atoms with Crippen molar-refractivity contribution < 1.29 is 9.90 Å². The van der Waals surface area contributed by atoms with Gasteiger partial charge in [-0.1, -0.05) is 27.2 Å². The molecule has 0 aromatic heterocycles. The standard InChI is InChI=1S/C15H27NO2/c1-4-15(2,3)12-5-7-13(8-6-12)16-9-11(10-16)14(17)18/h11-13H,4-10H2,1-3H3,(H,17,18). The van der Waals surface area contributed by atoms with Crippen LogP contribution in [0.5, 0.6) is 0 Å². The van der Waals surface area contributed by atoms with Crippen LogP contribution in [0.1, 0.15) is 52.9 Å². The first-order valence-corrected chi connectivity index (χ1v) is 7.41. The van der Waals surface area contributed by atoms with E-state index in [9.17, 15) is 4.79 Å². The van der Waals surface area contributed by atoms with E-state index in [1.165, 1.54) is 32.1 Å². The minimum Gasteiger partial charge on any atom is -0.481 e. The van der Waals surface area contributed by atoms with Gasteiger partial charge in [0.2, 0.25) is 0 Å². The highest BCUT2D eigenvalue weighted by atomic mass is 16.4. The van der Waals surface area contributed by atoms with Crippen LogP contribution in [0.4, 0.5) is 0 Å². The first-order chi connectivity index (χ1) is 8.44. The minimum atomic E-state index is -0.618. The molecule has 0 radical (unpaired) electrons. The second-order valence-corrected chi connectivity index (χ2v) is 6.84. The molecule has 3 nitrogen and oxygen atoms in total. The summed E-state index contributed by atoms with van der Waals surface area (Å²) >= 11 is 0. The zero-order valence-corrected chi connectivity index (χ0v) is 12.0. The van der Waals surface area contributed by atoms with E-state index in [-0.39, 0.29) is 5.92 Å². The SMILES string of the molecule is CCC(C)(C)C1CCC(N2CC(C(=O)O)C2)CC1. The van der Waals surface area contributed by atoms with Crippen LogP contribution in [0.2, 0.25) is 0 Å². The van der Waals surface area contributed by atoms with Crippen LogP contribution in [-0.4, -0.2) is 35.1 Å². The second-order valence-electron chi connectivity index (χ2n) is 6.84. The Labute approximate surface area is 111 Å². The van der Waals surface area contributed by atoms with Gasteiger partial charge in [-0.2, -0.15) is 0 Å². The molecule has 1 saturated heterocycles. The van der Waals surface area contributed by atoms with E-state index in [0.717, 1.165) is 19.0 Å². The molecule has 0 aromatic carbocycles. The van der Waals surface area contributed by atoms with Gasteiger partial charge in [0.05, 0.1) is 5.92 Å². The molecule has 0 atom stereocenters. The van der Waals surface area contributed by atoms with Crippen molar-refractivity contribution in [3.8, 4) is 0 Å². The van der Waals surface area contributed by atoms with E-state index in [1.807, 2.05) is 0 Å². The summed E-state index contributed by atoms with van der Waals surface area (Å²) in [6.07, 6.45) is 6.42. The molecule has 3 heteroatoms. The lowest BCUT2D eigenvalue weighted by molar-refractivity contribution is -0.149. The Morgan fingerprint density at radius 2 is 1.78 bits per heavy atom. The molecule has 1 aliphatic heterocycles. The van der Waals surface area contributed by atoms with E-state index >= 15 is 0 Å². The third-order valence-electron chi connectivity index (χ3n) is 5.49. The second kappa shape index (κ2) is 5.20. The van der Waals surface area contributed by atoms with E-state index in [2.05, 4.69) is 25.7 Å². The topological polar surface area (TPSA) is 40.5 Å². The van der Waals surface area contributed by atoms with Gasteiger partial charge in [-0.25, -0.2) is 0 Å².